The molecule has 0 bridgehead atoms. The molecule has 0 atom stereocenters. The molecule has 1 heterocycles. The minimum absolute atomic E-state index is 0.737. The molecule has 4 aromatic rings. The van der Waals surface area contributed by atoms with E-state index in [0.29, 0.717) is 0 Å². The van der Waals surface area contributed by atoms with Gasteiger partial charge in [0, 0.05) is 5.56 Å². The highest BCUT2D eigenvalue weighted by Crippen LogP contribution is 2.35. The summed E-state index contributed by atoms with van der Waals surface area (Å²) in [6.45, 7) is 2.19. The second-order valence-corrected chi connectivity index (χ2v) is 6.95. The number of pyridine rings is 1. The second-order valence-electron chi connectivity index (χ2n) is 6.95. The molecule has 0 N–H and O–H groups in total. The van der Waals surface area contributed by atoms with Gasteiger partial charge in [-0.25, -0.2) is 4.57 Å². The van der Waals surface area contributed by atoms with Crippen molar-refractivity contribution in [3.63, 3.8) is 0 Å². The Kier molecular flexibility index (Phi) is 4.74. The van der Waals surface area contributed by atoms with E-state index in [9.17, 15) is 0 Å². The van der Waals surface area contributed by atoms with Gasteiger partial charge in [0.2, 0.25) is 5.52 Å². The van der Waals surface area contributed by atoms with Gasteiger partial charge >= 0.3 is 0 Å². The van der Waals surface area contributed by atoms with Crippen LogP contribution in [0.1, 0.15) is 5.56 Å². The Morgan fingerprint density at radius 1 is 0.714 bits per heavy atom. The predicted octanol–water partition coefficient (Wildman–Crippen LogP) is 5.32. The molecule has 0 unspecified atom stereocenters. The van der Waals surface area contributed by atoms with E-state index < -0.39 is 0 Å². The van der Waals surface area contributed by atoms with Crippen LogP contribution in [0.2, 0.25) is 0 Å². The molecule has 0 saturated heterocycles. The lowest BCUT2D eigenvalue weighted by Gasteiger charge is -2.13. The van der Waals surface area contributed by atoms with Crippen LogP contribution in [0.15, 0.2) is 72.9 Å². The third-order valence-electron chi connectivity index (χ3n) is 5.29. The van der Waals surface area contributed by atoms with Crippen molar-refractivity contribution in [3.8, 4) is 33.8 Å². The van der Waals surface area contributed by atoms with Crippen LogP contribution >= 0.6 is 0 Å². The van der Waals surface area contributed by atoms with E-state index in [1.807, 2.05) is 18.2 Å². The average Bonchev–Trinajstić information content (AvgIpc) is 2.73. The lowest BCUT2D eigenvalue weighted by Crippen LogP contribution is -2.28. The van der Waals surface area contributed by atoms with Crippen LogP contribution in [-0.4, -0.2) is 14.2 Å². The number of nitrogens with zero attached hydrogens (tertiary/aromatic N) is 1. The van der Waals surface area contributed by atoms with Crippen molar-refractivity contribution >= 4 is 10.9 Å². The Balaban J connectivity index is 1.90. The number of aromatic nitrogens is 1. The zero-order chi connectivity index (χ0) is 19.7. The lowest BCUT2D eigenvalue weighted by molar-refractivity contribution is -0.644. The van der Waals surface area contributed by atoms with Crippen molar-refractivity contribution < 1.29 is 14.0 Å². The molecule has 4 rings (SSSR count). The normalized spacial score (nSPS) is 10.9. The first-order valence-electron chi connectivity index (χ1n) is 9.33. The molecular weight excluding hydrogens is 346 g/mol. The molecule has 140 valence electrons. The number of rotatable bonds is 4. The van der Waals surface area contributed by atoms with E-state index in [1.165, 1.54) is 27.8 Å². The zero-order valence-corrected chi connectivity index (χ0v) is 16.7. The first-order chi connectivity index (χ1) is 13.6. The first kappa shape index (κ1) is 18.1. The van der Waals surface area contributed by atoms with Crippen LogP contribution in [0, 0.1) is 6.92 Å². The van der Waals surface area contributed by atoms with Gasteiger partial charge in [-0.15, -0.1) is 0 Å². The summed E-state index contributed by atoms with van der Waals surface area (Å²) in [5, 5.41) is 1.11. The molecule has 0 saturated carbocycles. The van der Waals surface area contributed by atoms with Crippen LogP contribution in [-0.2, 0) is 7.05 Å². The Labute approximate surface area is 165 Å². The molecule has 3 nitrogen and oxygen atoms in total. The maximum atomic E-state index is 5.50. The molecule has 0 aliphatic heterocycles. The number of hydrogen-bond acceptors (Lipinski definition) is 2. The minimum atomic E-state index is 0.737. The van der Waals surface area contributed by atoms with E-state index in [-0.39, 0.29) is 0 Å². The minimum Gasteiger partial charge on any atom is -0.493 e. The summed E-state index contributed by atoms with van der Waals surface area (Å²) in [6, 6.07) is 23.3. The molecular formula is C25H24NO2+. The highest BCUT2D eigenvalue weighted by molar-refractivity contribution is 5.86. The van der Waals surface area contributed by atoms with Crippen LogP contribution in [0.3, 0.4) is 0 Å². The van der Waals surface area contributed by atoms with Gasteiger partial charge in [-0.1, -0.05) is 48.5 Å². The van der Waals surface area contributed by atoms with Gasteiger partial charge in [-0.05, 0) is 41.3 Å². The maximum Gasteiger partial charge on any atom is 0.216 e. The van der Waals surface area contributed by atoms with Gasteiger partial charge in [0.1, 0.15) is 7.05 Å². The van der Waals surface area contributed by atoms with Crippen LogP contribution in [0.5, 0.6) is 11.5 Å². The van der Waals surface area contributed by atoms with E-state index in [2.05, 4.69) is 73.3 Å². The van der Waals surface area contributed by atoms with Gasteiger partial charge in [-0.2, -0.15) is 0 Å². The SMILES string of the molecule is COc1cc2cc(-c3cccc(-c4ccccc4)c3C)c[n+](C)c2cc1OC. The monoisotopic (exact) mass is 370 g/mol. The van der Waals surface area contributed by atoms with Crippen LogP contribution in [0.25, 0.3) is 33.2 Å². The van der Waals surface area contributed by atoms with E-state index in [4.69, 9.17) is 9.47 Å². The number of ether oxygens (including phenoxy) is 2. The number of methoxy groups -OCH3 is 2. The summed E-state index contributed by atoms with van der Waals surface area (Å²) in [5.74, 6) is 1.47. The molecule has 0 fully saturated rings. The summed E-state index contributed by atoms with van der Waals surface area (Å²) in [6.07, 6.45) is 2.17. The summed E-state index contributed by atoms with van der Waals surface area (Å²) in [5.41, 5.74) is 7.27. The van der Waals surface area contributed by atoms with Crippen molar-refractivity contribution in [3.05, 3.63) is 78.5 Å². The highest BCUT2D eigenvalue weighted by atomic mass is 16.5. The predicted molar refractivity (Wildman–Crippen MR) is 114 cm³/mol. The third kappa shape index (κ3) is 3.09. The fourth-order valence-corrected chi connectivity index (χ4v) is 3.81. The Hall–Kier alpha value is -3.33. The van der Waals surface area contributed by atoms with Crippen molar-refractivity contribution in [2.45, 2.75) is 6.92 Å². The number of hydrogen-bond donors (Lipinski definition) is 0. The Bertz CT molecular complexity index is 1150. The smallest absolute Gasteiger partial charge is 0.216 e. The number of benzene rings is 3. The summed E-state index contributed by atoms with van der Waals surface area (Å²) in [7, 11) is 5.39. The first-order valence-corrected chi connectivity index (χ1v) is 9.33. The molecule has 3 heteroatoms. The molecule has 0 radical (unpaired) electrons. The van der Waals surface area contributed by atoms with Gasteiger partial charge < -0.3 is 9.47 Å². The molecule has 28 heavy (non-hydrogen) atoms. The lowest BCUT2D eigenvalue weighted by atomic mass is 9.93. The Morgan fingerprint density at radius 3 is 2.04 bits per heavy atom. The molecule has 0 aliphatic rings. The Morgan fingerprint density at radius 2 is 1.36 bits per heavy atom. The van der Waals surface area contributed by atoms with Crippen LogP contribution in [0.4, 0.5) is 0 Å². The van der Waals surface area contributed by atoms with E-state index in [0.717, 1.165) is 22.4 Å². The molecule has 0 amide bonds. The number of aryl methyl sites for hydroxylation is 1. The largest absolute Gasteiger partial charge is 0.493 e. The summed E-state index contributed by atoms with van der Waals surface area (Å²) >= 11 is 0. The summed E-state index contributed by atoms with van der Waals surface area (Å²) in [4.78, 5) is 0. The maximum absolute atomic E-state index is 5.50. The van der Waals surface area contributed by atoms with Crippen molar-refractivity contribution in [2.24, 2.45) is 7.05 Å². The zero-order valence-electron chi connectivity index (χ0n) is 16.7. The van der Waals surface area contributed by atoms with Gasteiger partial charge in [0.05, 0.1) is 25.7 Å². The quantitative estimate of drug-likeness (QED) is 0.453. The standard InChI is InChI=1S/C25H24NO2/c1-17-21(18-9-6-5-7-10-18)11-8-12-22(17)20-13-19-14-24(27-3)25(28-4)15-23(19)26(2)16-20/h5-16H,1-4H3/q+1. The van der Waals surface area contributed by atoms with E-state index in [1.54, 1.807) is 14.2 Å². The second kappa shape index (κ2) is 7.35. The molecule has 0 spiro atoms. The van der Waals surface area contributed by atoms with Crippen LogP contribution < -0.4 is 14.0 Å². The molecule has 3 aromatic carbocycles. The van der Waals surface area contributed by atoms with Gasteiger partial charge in [0.25, 0.3) is 0 Å². The van der Waals surface area contributed by atoms with Gasteiger partial charge in [0.15, 0.2) is 17.7 Å². The van der Waals surface area contributed by atoms with Gasteiger partial charge in [-0.3, -0.25) is 0 Å². The fraction of sp³-hybridized carbons (Fsp3) is 0.160. The van der Waals surface area contributed by atoms with E-state index >= 15 is 0 Å². The van der Waals surface area contributed by atoms with Crippen molar-refractivity contribution in [2.75, 3.05) is 14.2 Å². The molecule has 0 aliphatic carbocycles. The topological polar surface area (TPSA) is 22.3 Å². The third-order valence-corrected chi connectivity index (χ3v) is 5.29. The van der Waals surface area contributed by atoms with Crippen molar-refractivity contribution in [1.82, 2.24) is 0 Å². The summed E-state index contributed by atoms with van der Waals surface area (Å²) < 4.78 is 13.1. The number of fused-ring (bicyclic) bond motifs is 1. The molecule has 1 aromatic heterocycles. The fourth-order valence-electron chi connectivity index (χ4n) is 3.81. The highest BCUT2D eigenvalue weighted by Gasteiger charge is 2.16. The average molecular weight is 370 g/mol. The van der Waals surface area contributed by atoms with Crippen molar-refractivity contribution in [1.29, 1.82) is 0 Å².